The van der Waals surface area contributed by atoms with E-state index in [0.29, 0.717) is 0 Å². The number of hydrogen-bond donors (Lipinski definition) is 2. The monoisotopic (exact) mass is 309 g/mol. The number of carbonyl (C=O) groups is 1. The third-order valence-electron chi connectivity index (χ3n) is 2.24. The van der Waals surface area contributed by atoms with E-state index in [4.69, 9.17) is 16.7 Å². The molecule has 0 radical (unpaired) electrons. The average molecular weight is 310 g/mol. The smallest absolute Gasteiger partial charge is 0.303 e. The molecule has 0 saturated heterocycles. The Morgan fingerprint density at radius 3 is 2.74 bits per heavy atom. The van der Waals surface area contributed by atoms with Crippen LogP contribution in [0, 0.1) is 5.82 Å². The van der Waals surface area contributed by atoms with Gasteiger partial charge in [0.15, 0.2) is 0 Å². The van der Waals surface area contributed by atoms with Crippen molar-refractivity contribution in [1.82, 2.24) is 4.72 Å². The Bertz CT molecular complexity index is 562. The molecule has 0 aliphatic carbocycles. The van der Waals surface area contributed by atoms with Gasteiger partial charge in [-0.25, -0.2) is 17.5 Å². The maximum Gasteiger partial charge on any atom is 0.303 e. The van der Waals surface area contributed by atoms with E-state index < -0.39 is 27.6 Å². The molecular weight excluding hydrogens is 297 g/mol. The van der Waals surface area contributed by atoms with Crippen molar-refractivity contribution in [2.75, 3.05) is 6.54 Å². The summed E-state index contributed by atoms with van der Waals surface area (Å²) < 4.78 is 38.9. The maximum atomic E-state index is 13.4. The molecular formula is C11H13ClFNO4S. The highest BCUT2D eigenvalue weighted by Crippen LogP contribution is 2.16. The quantitative estimate of drug-likeness (QED) is 0.752. The zero-order chi connectivity index (χ0) is 14.5. The molecule has 0 spiro atoms. The standard InChI is InChI=1S/C11H13ClFNO4S/c12-9-3-4-10(13)8(6-9)7-19(17,18)14-5-1-2-11(15)16/h3-4,6,14H,1-2,5,7H2,(H,15,16). The van der Waals surface area contributed by atoms with Crippen LogP contribution in [0.4, 0.5) is 4.39 Å². The molecule has 0 fully saturated rings. The predicted molar refractivity (Wildman–Crippen MR) is 68.9 cm³/mol. The van der Waals surface area contributed by atoms with Crippen molar-refractivity contribution >= 4 is 27.6 Å². The summed E-state index contributed by atoms with van der Waals surface area (Å²) in [6, 6.07) is 3.66. The zero-order valence-electron chi connectivity index (χ0n) is 9.90. The number of halogens is 2. The molecule has 0 saturated carbocycles. The van der Waals surface area contributed by atoms with E-state index in [9.17, 15) is 17.6 Å². The van der Waals surface area contributed by atoms with Crippen molar-refractivity contribution in [2.45, 2.75) is 18.6 Å². The predicted octanol–water partition coefficient (Wildman–Crippen LogP) is 1.76. The molecule has 2 N–H and O–H groups in total. The average Bonchev–Trinajstić information content (AvgIpc) is 2.29. The summed E-state index contributed by atoms with van der Waals surface area (Å²) in [5.41, 5.74) is -0.0294. The summed E-state index contributed by atoms with van der Waals surface area (Å²) in [4.78, 5) is 10.3. The molecule has 0 heterocycles. The highest BCUT2D eigenvalue weighted by molar-refractivity contribution is 7.88. The lowest BCUT2D eigenvalue weighted by Crippen LogP contribution is -2.26. The van der Waals surface area contributed by atoms with Gasteiger partial charge in [-0.15, -0.1) is 0 Å². The van der Waals surface area contributed by atoms with Crippen LogP contribution in [-0.4, -0.2) is 26.0 Å². The first-order valence-electron chi connectivity index (χ1n) is 5.43. The minimum Gasteiger partial charge on any atom is -0.481 e. The number of aliphatic carboxylic acids is 1. The van der Waals surface area contributed by atoms with Gasteiger partial charge in [0.2, 0.25) is 10.0 Å². The summed E-state index contributed by atoms with van der Waals surface area (Å²) >= 11 is 5.66. The van der Waals surface area contributed by atoms with Gasteiger partial charge in [-0.05, 0) is 24.6 Å². The van der Waals surface area contributed by atoms with E-state index >= 15 is 0 Å². The van der Waals surface area contributed by atoms with E-state index in [1.54, 1.807) is 0 Å². The van der Waals surface area contributed by atoms with Gasteiger partial charge in [0.05, 0.1) is 5.75 Å². The summed E-state index contributed by atoms with van der Waals surface area (Å²) in [6.45, 7) is -0.00316. The maximum absolute atomic E-state index is 13.4. The fraction of sp³-hybridized carbons (Fsp3) is 0.364. The highest BCUT2D eigenvalue weighted by atomic mass is 35.5. The van der Waals surface area contributed by atoms with Crippen LogP contribution in [0.15, 0.2) is 18.2 Å². The lowest BCUT2D eigenvalue weighted by molar-refractivity contribution is -0.137. The van der Waals surface area contributed by atoms with Gasteiger partial charge in [-0.3, -0.25) is 4.79 Å². The van der Waals surface area contributed by atoms with Crippen LogP contribution < -0.4 is 4.72 Å². The summed E-state index contributed by atoms with van der Waals surface area (Å²) in [5, 5.41) is 8.65. The first-order chi connectivity index (χ1) is 8.80. The number of carboxylic acids is 1. The number of nitrogens with one attached hydrogen (secondary N) is 1. The van der Waals surface area contributed by atoms with Crippen molar-refractivity contribution in [3.63, 3.8) is 0 Å². The van der Waals surface area contributed by atoms with Gasteiger partial charge in [0.25, 0.3) is 0 Å². The fourth-order valence-electron chi connectivity index (χ4n) is 1.38. The largest absolute Gasteiger partial charge is 0.481 e. The van der Waals surface area contributed by atoms with E-state index in [0.717, 1.165) is 6.07 Å². The Morgan fingerprint density at radius 1 is 1.42 bits per heavy atom. The van der Waals surface area contributed by atoms with E-state index in [2.05, 4.69) is 4.72 Å². The van der Waals surface area contributed by atoms with Crippen molar-refractivity contribution < 1.29 is 22.7 Å². The number of carboxylic acid groups (broad SMARTS) is 1. The molecule has 0 aliphatic rings. The minimum absolute atomic E-state index is 0.00316. The first-order valence-corrected chi connectivity index (χ1v) is 7.46. The second-order valence-corrected chi connectivity index (χ2v) is 6.13. The second-order valence-electron chi connectivity index (χ2n) is 3.89. The number of sulfonamides is 1. The Morgan fingerprint density at radius 2 is 2.11 bits per heavy atom. The SMILES string of the molecule is O=C(O)CCCNS(=O)(=O)Cc1cc(Cl)ccc1F. The number of benzene rings is 1. The fourth-order valence-corrected chi connectivity index (χ4v) is 2.76. The van der Waals surface area contributed by atoms with Gasteiger partial charge in [0.1, 0.15) is 5.82 Å². The van der Waals surface area contributed by atoms with Crippen molar-refractivity contribution in [3.8, 4) is 0 Å². The van der Waals surface area contributed by atoms with Gasteiger partial charge in [-0.2, -0.15) is 0 Å². The summed E-state index contributed by atoms with van der Waals surface area (Å²) in [5.74, 6) is -2.19. The number of rotatable bonds is 7. The van der Waals surface area contributed by atoms with Gasteiger partial charge in [0, 0.05) is 23.6 Å². The molecule has 19 heavy (non-hydrogen) atoms. The Hall–Kier alpha value is -1.18. The molecule has 5 nitrogen and oxygen atoms in total. The van der Waals surface area contributed by atoms with Crippen molar-refractivity contribution in [1.29, 1.82) is 0 Å². The van der Waals surface area contributed by atoms with E-state index in [1.165, 1.54) is 12.1 Å². The Balaban J connectivity index is 2.59. The third kappa shape index (κ3) is 6.00. The van der Waals surface area contributed by atoms with Crippen molar-refractivity contribution in [3.05, 3.63) is 34.6 Å². The van der Waals surface area contributed by atoms with Crippen LogP contribution in [0.5, 0.6) is 0 Å². The lowest BCUT2D eigenvalue weighted by Gasteiger charge is -2.07. The molecule has 1 aromatic carbocycles. The topological polar surface area (TPSA) is 83.5 Å². The van der Waals surface area contributed by atoms with Gasteiger partial charge >= 0.3 is 5.97 Å². The Labute approximate surface area is 115 Å². The molecule has 106 valence electrons. The van der Waals surface area contributed by atoms with Crippen LogP contribution in [0.3, 0.4) is 0 Å². The molecule has 0 atom stereocenters. The first kappa shape index (κ1) is 15.9. The second kappa shape index (κ2) is 6.83. The normalized spacial score (nSPS) is 11.5. The van der Waals surface area contributed by atoms with Gasteiger partial charge < -0.3 is 5.11 Å². The van der Waals surface area contributed by atoms with Crippen LogP contribution in [0.1, 0.15) is 18.4 Å². The third-order valence-corrected chi connectivity index (χ3v) is 3.81. The number of hydrogen-bond acceptors (Lipinski definition) is 3. The van der Waals surface area contributed by atoms with Gasteiger partial charge in [-0.1, -0.05) is 11.6 Å². The van der Waals surface area contributed by atoms with Crippen molar-refractivity contribution in [2.24, 2.45) is 0 Å². The van der Waals surface area contributed by atoms with E-state index in [1.807, 2.05) is 0 Å². The molecule has 8 heteroatoms. The van der Waals surface area contributed by atoms with Crippen LogP contribution >= 0.6 is 11.6 Å². The zero-order valence-corrected chi connectivity index (χ0v) is 11.5. The molecule has 1 aromatic rings. The van der Waals surface area contributed by atoms with Crippen LogP contribution in [0.25, 0.3) is 0 Å². The van der Waals surface area contributed by atoms with Crippen LogP contribution in [0.2, 0.25) is 5.02 Å². The molecule has 0 amide bonds. The minimum atomic E-state index is -3.71. The highest BCUT2D eigenvalue weighted by Gasteiger charge is 2.14. The molecule has 0 bridgehead atoms. The lowest BCUT2D eigenvalue weighted by atomic mass is 10.2. The van der Waals surface area contributed by atoms with E-state index in [-0.39, 0.29) is 30.0 Å². The van der Waals surface area contributed by atoms with Crippen LogP contribution in [-0.2, 0) is 20.6 Å². The molecule has 0 aromatic heterocycles. The summed E-state index contributed by atoms with van der Waals surface area (Å²) in [6.07, 6.45) is 0.0423. The molecule has 0 aliphatic heterocycles. The summed E-state index contributed by atoms with van der Waals surface area (Å²) in [7, 11) is -3.71. The molecule has 0 unspecified atom stereocenters. The molecule has 1 rings (SSSR count). The Kier molecular flexibility index (Phi) is 5.71.